The maximum Gasteiger partial charge on any atom is 0.339 e. The number of methoxy groups -OCH3 is 2. The number of phenolic OH excluding ortho intramolecular Hbond substituents is 2. The lowest BCUT2D eigenvalue weighted by molar-refractivity contribution is -0.118. The summed E-state index contributed by atoms with van der Waals surface area (Å²) in [5.74, 6) is -6.65. The van der Waals surface area contributed by atoms with Gasteiger partial charge in [-0.2, -0.15) is 5.26 Å². The molecule has 9 N–H and O–H groups in total. The van der Waals surface area contributed by atoms with Crippen molar-refractivity contribution in [2.45, 2.75) is 19.4 Å². The molecule has 0 saturated heterocycles. The summed E-state index contributed by atoms with van der Waals surface area (Å²) in [6.45, 7) is 1.60. The Bertz CT molecular complexity index is 2620. The Kier molecular flexibility index (Phi) is 14.0. The zero-order valence-electron chi connectivity index (χ0n) is 33.0. The van der Waals surface area contributed by atoms with Gasteiger partial charge in [0.1, 0.15) is 23.2 Å². The molecule has 0 aliphatic carbocycles. The van der Waals surface area contributed by atoms with Gasteiger partial charge in [-0.1, -0.05) is 12.1 Å². The highest BCUT2D eigenvalue weighted by Crippen LogP contribution is 2.40. The Morgan fingerprint density at radius 1 is 0.710 bits per heavy atom. The van der Waals surface area contributed by atoms with Gasteiger partial charge >= 0.3 is 5.97 Å². The van der Waals surface area contributed by atoms with Crippen molar-refractivity contribution < 1.29 is 58.7 Å². The summed E-state index contributed by atoms with van der Waals surface area (Å²) in [4.78, 5) is 80.5. The van der Waals surface area contributed by atoms with E-state index in [1.54, 1.807) is 25.1 Å². The van der Waals surface area contributed by atoms with Gasteiger partial charge in [-0.25, -0.2) is 9.78 Å². The van der Waals surface area contributed by atoms with Crippen LogP contribution in [0.2, 0.25) is 0 Å². The fraction of sp³-hybridized carbons (Fsp3) is 0.116. The molecule has 1 heterocycles. The second-order valence-corrected chi connectivity index (χ2v) is 13.1. The molecule has 0 saturated carbocycles. The molecule has 0 radical (unpaired) electrons. The van der Waals surface area contributed by atoms with E-state index in [-0.39, 0.29) is 63.2 Å². The summed E-state index contributed by atoms with van der Waals surface area (Å²) in [5.41, 5.74) is 0.508. The fourth-order valence-corrected chi connectivity index (χ4v) is 5.67. The number of hydrogen-bond donors (Lipinski definition) is 9. The summed E-state index contributed by atoms with van der Waals surface area (Å²) in [7, 11) is 2.34. The topological polar surface area (TPSA) is 299 Å². The van der Waals surface area contributed by atoms with Crippen LogP contribution in [0, 0.1) is 11.3 Å². The van der Waals surface area contributed by atoms with E-state index in [2.05, 4.69) is 31.6 Å². The van der Waals surface area contributed by atoms with Gasteiger partial charge in [0.25, 0.3) is 23.6 Å². The number of amides is 5. The number of aromatic hydroxyl groups is 3. The summed E-state index contributed by atoms with van der Waals surface area (Å²) in [6.07, 6.45) is 2.42. The molecule has 0 fully saturated rings. The Balaban J connectivity index is 1.18. The summed E-state index contributed by atoms with van der Waals surface area (Å²) in [5, 5.41) is 61.9. The highest BCUT2D eigenvalue weighted by Gasteiger charge is 2.25. The molecule has 19 heteroatoms. The van der Waals surface area contributed by atoms with Crippen molar-refractivity contribution in [2.75, 3.05) is 35.5 Å². The molecule has 0 spiro atoms. The first-order valence-electron chi connectivity index (χ1n) is 18.1. The number of carboxylic acids is 1. The average Bonchev–Trinajstić information content (AvgIpc) is 3.24. The van der Waals surface area contributed by atoms with Crippen molar-refractivity contribution in [3.05, 3.63) is 125 Å². The second-order valence-electron chi connectivity index (χ2n) is 13.1. The fourth-order valence-electron chi connectivity index (χ4n) is 5.67. The van der Waals surface area contributed by atoms with Crippen LogP contribution in [0.3, 0.4) is 0 Å². The number of rotatable bonds is 15. The third kappa shape index (κ3) is 10.6. The van der Waals surface area contributed by atoms with Crippen molar-refractivity contribution in [3.8, 4) is 34.8 Å². The molecule has 5 aromatic rings. The number of ether oxygens (including phenoxy) is 2. The van der Waals surface area contributed by atoms with Crippen LogP contribution in [0.4, 0.5) is 22.9 Å². The first-order valence-corrected chi connectivity index (χ1v) is 18.1. The number of pyridine rings is 1. The van der Waals surface area contributed by atoms with Crippen LogP contribution in [-0.4, -0.2) is 81.2 Å². The van der Waals surface area contributed by atoms with E-state index < -0.39 is 58.6 Å². The minimum atomic E-state index is -1.43. The number of anilines is 4. The number of hydrogen-bond acceptors (Lipinski definition) is 13. The highest BCUT2D eigenvalue weighted by atomic mass is 16.5. The minimum absolute atomic E-state index is 0.0242. The third-order valence-corrected chi connectivity index (χ3v) is 8.88. The Labute approximate surface area is 352 Å². The van der Waals surface area contributed by atoms with Crippen LogP contribution >= 0.6 is 0 Å². The van der Waals surface area contributed by atoms with Gasteiger partial charge in [-0.15, -0.1) is 0 Å². The normalized spacial score (nSPS) is 11.2. The van der Waals surface area contributed by atoms with E-state index in [4.69, 9.17) is 9.47 Å². The first kappa shape index (κ1) is 44.2. The van der Waals surface area contributed by atoms with E-state index in [1.165, 1.54) is 80.0 Å². The highest BCUT2D eigenvalue weighted by molar-refractivity contribution is 6.11. The lowest BCUT2D eigenvalue weighted by atomic mass is 10.1. The monoisotopic (exact) mass is 843 g/mol. The van der Waals surface area contributed by atoms with Crippen LogP contribution in [0.15, 0.2) is 96.7 Å². The second kappa shape index (κ2) is 19.7. The summed E-state index contributed by atoms with van der Waals surface area (Å²) in [6, 6.07) is 19.8. The zero-order chi connectivity index (χ0) is 45.1. The molecular weight excluding hydrogens is 807 g/mol. The van der Waals surface area contributed by atoms with Gasteiger partial charge in [-0.05, 0) is 91.4 Å². The first-order chi connectivity index (χ1) is 29.6. The van der Waals surface area contributed by atoms with E-state index in [0.717, 1.165) is 13.2 Å². The molecule has 19 nitrogen and oxygen atoms in total. The molecule has 5 rings (SSSR count). The largest absolute Gasteiger partial charge is 0.508 e. The lowest BCUT2D eigenvalue weighted by Gasteiger charge is -2.17. The van der Waals surface area contributed by atoms with Crippen LogP contribution in [0.5, 0.6) is 28.7 Å². The number of nitrogens with one attached hydrogen (secondary N) is 5. The average molecular weight is 844 g/mol. The van der Waals surface area contributed by atoms with E-state index in [1.807, 2.05) is 6.07 Å². The van der Waals surface area contributed by atoms with Crippen molar-refractivity contribution >= 4 is 64.5 Å². The van der Waals surface area contributed by atoms with Crippen molar-refractivity contribution in [1.29, 1.82) is 5.26 Å². The molecule has 4 aromatic carbocycles. The SMILES string of the molecule is COc1c(NC(=O)c2ccc(NC(=O)c3ccc(NC(=O)[C@H](CC#N)NC(=O)c4ccc(NC(=O)/C(C)=C/c5ccc(O)cc5)nc4)cc3)c(OC)c2O)ccc(C(=O)O)c1O. The molecule has 0 aliphatic heterocycles. The number of phenols is 3. The number of aromatic nitrogens is 1. The van der Waals surface area contributed by atoms with Crippen LogP contribution in [-0.2, 0) is 9.59 Å². The molecule has 316 valence electrons. The molecule has 0 unspecified atom stereocenters. The molecule has 1 aromatic heterocycles. The molecule has 62 heavy (non-hydrogen) atoms. The Hall–Kier alpha value is -8.92. The number of nitriles is 1. The van der Waals surface area contributed by atoms with E-state index in [9.17, 15) is 54.5 Å². The third-order valence-electron chi connectivity index (χ3n) is 8.88. The van der Waals surface area contributed by atoms with Crippen molar-refractivity contribution in [2.24, 2.45) is 0 Å². The Morgan fingerprint density at radius 3 is 1.85 bits per heavy atom. The van der Waals surface area contributed by atoms with Gasteiger partial charge in [0.15, 0.2) is 23.0 Å². The number of carbonyl (C=O) groups is 6. The molecular formula is C43H37N7O12. The molecule has 0 aliphatic rings. The Morgan fingerprint density at radius 2 is 1.29 bits per heavy atom. The summed E-state index contributed by atoms with van der Waals surface area (Å²) >= 11 is 0. The zero-order valence-corrected chi connectivity index (χ0v) is 33.0. The molecule has 5 amide bonds. The number of nitrogens with zero attached hydrogens (tertiary/aromatic N) is 2. The van der Waals surface area contributed by atoms with Crippen molar-refractivity contribution in [3.63, 3.8) is 0 Å². The van der Waals surface area contributed by atoms with E-state index in [0.29, 0.717) is 11.1 Å². The number of carboxylic acid groups (broad SMARTS) is 1. The number of benzene rings is 4. The van der Waals surface area contributed by atoms with Gasteiger partial charge in [0, 0.05) is 23.0 Å². The predicted molar refractivity (Wildman–Crippen MR) is 223 cm³/mol. The lowest BCUT2D eigenvalue weighted by Crippen LogP contribution is -2.43. The van der Waals surface area contributed by atoms with Gasteiger partial charge in [0.05, 0.1) is 49.2 Å². The van der Waals surface area contributed by atoms with Crippen molar-refractivity contribution in [1.82, 2.24) is 10.3 Å². The quantitative estimate of drug-likeness (QED) is 0.0619. The van der Waals surface area contributed by atoms with E-state index >= 15 is 0 Å². The summed E-state index contributed by atoms with van der Waals surface area (Å²) < 4.78 is 10.3. The number of aromatic carboxylic acids is 1. The van der Waals surface area contributed by atoms with Gasteiger partial charge in [-0.3, -0.25) is 24.0 Å². The van der Waals surface area contributed by atoms with Crippen LogP contribution < -0.4 is 36.1 Å². The maximum absolute atomic E-state index is 13.2. The van der Waals surface area contributed by atoms with Gasteiger partial charge < -0.3 is 56.5 Å². The molecule has 1 atom stereocenters. The van der Waals surface area contributed by atoms with Crippen LogP contribution in [0.25, 0.3) is 6.08 Å². The smallest absolute Gasteiger partial charge is 0.339 e. The predicted octanol–water partition coefficient (Wildman–Crippen LogP) is 5.11. The van der Waals surface area contributed by atoms with Gasteiger partial charge in [0.2, 0.25) is 5.91 Å². The maximum atomic E-state index is 13.2. The molecule has 0 bridgehead atoms. The van der Waals surface area contributed by atoms with Crippen LogP contribution in [0.1, 0.15) is 60.3 Å². The minimum Gasteiger partial charge on any atom is -0.508 e. The number of carbonyl (C=O) groups excluding carboxylic acids is 5. The standard InChI is InChI=1S/C43H37N7O12/c1-22(20-23-4-11-27(51)12-5-23)38(54)50-33-17-8-25(21-45-33)40(56)49-32(18-19-44)42(58)46-26-9-6-24(7-10-26)39(55)47-30-15-13-28(34(52)36(30)61-2)41(57)48-31-16-14-29(43(59)60)35(53)37(31)62-3/h4-17,20-21,32,51-53H,18H2,1-3H3,(H,46,58)(H,47,55)(H,48,57)(H,49,56)(H,59,60)(H,45,50,54)/b22-20+/t32-/m0/s1.